The Kier molecular flexibility index (Phi) is 4.88. The van der Waals surface area contributed by atoms with Gasteiger partial charge in [0.15, 0.2) is 0 Å². The van der Waals surface area contributed by atoms with Gasteiger partial charge in [-0.25, -0.2) is 0 Å². The minimum atomic E-state index is -0.846. The topological polar surface area (TPSA) is 57.6 Å². The van der Waals surface area contributed by atoms with Crippen molar-refractivity contribution in [2.75, 3.05) is 6.54 Å². The molecule has 1 aliphatic carbocycles. The van der Waals surface area contributed by atoms with Gasteiger partial charge in [0.25, 0.3) is 0 Å². The van der Waals surface area contributed by atoms with Crippen LogP contribution in [0.3, 0.4) is 0 Å². The van der Waals surface area contributed by atoms with E-state index in [0.717, 1.165) is 12.0 Å². The molecule has 0 bridgehead atoms. The molecule has 1 aliphatic rings. The van der Waals surface area contributed by atoms with E-state index in [4.69, 9.17) is 11.6 Å². The van der Waals surface area contributed by atoms with Crippen molar-refractivity contribution in [3.05, 3.63) is 34.9 Å². The van der Waals surface area contributed by atoms with Gasteiger partial charge >= 0.3 is 5.97 Å². The quantitative estimate of drug-likeness (QED) is 0.877. The van der Waals surface area contributed by atoms with Gasteiger partial charge in [-0.15, -0.1) is 0 Å². The number of carbonyl (C=O) groups is 2. The first-order valence-corrected chi connectivity index (χ1v) is 7.60. The summed E-state index contributed by atoms with van der Waals surface area (Å²) in [4.78, 5) is 25.5. The maximum absolute atomic E-state index is 12.4. The average Bonchev–Trinajstić information content (AvgIpc) is 2.39. The summed E-state index contributed by atoms with van der Waals surface area (Å²) < 4.78 is 0. The third kappa shape index (κ3) is 3.56. The maximum Gasteiger partial charge on any atom is 0.310 e. The molecule has 1 N–H and O–H groups in total. The standard InChI is InChI=1S/C16H20ClNO3/c1-2-18(11-12-5-3-6-13(17)9-12)14(19)10-16(15(20)21)7-4-8-16/h3,5-6,9H,2,4,7-8,10-11H2,1H3,(H,20,21). The first-order chi connectivity index (χ1) is 9.97. The summed E-state index contributed by atoms with van der Waals surface area (Å²) in [6.45, 7) is 2.92. The van der Waals surface area contributed by atoms with E-state index in [2.05, 4.69) is 0 Å². The molecule has 0 saturated heterocycles. The molecule has 1 amide bonds. The first kappa shape index (κ1) is 15.8. The van der Waals surface area contributed by atoms with Gasteiger partial charge in [0.1, 0.15) is 0 Å². The van der Waals surface area contributed by atoms with E-state index < -0.39 is 11.4 Å². The van der Waals surface area contributed by atoms with E-state index in [-0.39, 0.29) is 12.3 Å². The summed E-state index contributed by atoms with van der Waals surface area (Å²) >= 11 is 5.95. The molecule has 0 heterocycles. The zero-order chi connectivity index (χ0) is 15.5. The summed E-state index contributed by atoms with van der Waals surface area (Å²) in [5.74, 6) is -0.944. The van der Waals surface area contributed by atoms with Crippen LogP contribution in [0.1, 0.15) is 38.2 Å². The molecular weight excluding hydrogens is 290 g/mol. The highest BCUT2D eigenvalue weighted by molar-refractivity contribution is 6.30. The van der Waals surface area contributed by atoms with E-state index in [1.807, 2.05) is 25.1 Å². The fraction of sp³-hybridized carbons (Fsp3) is 0.500. The smallest absolute Gasteiger partial charge is 0.310 e. The molecule has 0 aromatic heterocycles. The lowest BCUT2D eigenvalue weighted by Crippen LogP contribution is -2.43. The highest BCUT2D eigenvalue weighted by atomic mass is 35.5. The lowest BCUT2D eigenvalue weighted by molar-refractivity contribution is -0.159. The van der Waals surface area contributed by atoms with Crippen molar-refractivity contribution in [1.82, 2.24) is 4.90 Å². The van der Waals surface area contributed by atoms with Crippen molar-refractivity contribution in [2.24, 2.45) is 5.41 Å². The highest BCUT2D eigenvalue weighted by Gasteiger charge is 2.46. The molecule has 1 aromatic rings. The van der Waals surface area contributed by atoms with E-state index in [9.17, 15) is 14.7 Å². The van der Waals surface area contributed by atoms with Crippen molar-refractivity contribution in [3.63, 3.8) is 0 Å². The summed E-state index contributed by atoms with van der Waals surface area (Å²) in [6, 6.07) is 7.38. The number of nitrogens with zero attached hydrogens (tertiary/aromatic N) is 1. The Labute approximate surface area is 129 Å². The van der Waals surface area contributed by atoms with E-state index in [0.29, 0.717) is 31.0 Å². The number of aliphatic carboxylic acids is 1. The van der Waals surface area contributed by atoms with Crippen molar-refractivity contribution in [2.45, 2.75) is 39.2 Å². The Bertz CT molecular complexity index is 540. The summed E-state index contributed by atoms with van der Waals surface area (Å²) in [7, 11) is 0. The van der Waals surface area contributed by atoms with Gasteiger partial charge in [-0.3, -0.25) is 9.59 Å². The van der Waals surface area contributed by atoms with Crippen LogP contribution in [0, 0.1) is 5.41 Å². The molecule has 114 valence electrons. The SMILES string of the molecule is CCN(Cc1cccc(Cl)c1)C(=O)CC1(C(=O)O)CCC1. The molecule has 0 radical (unpaired) electrons. The zero-order valence-electron chi connectivity index (χ0n) is 12.1. The second-order valence-electron chi connectivity index (χ2n) is 5.65. The van der Waals surface area contributed by atoms with Gasteiger partial charge in [0, 0.05) is 24.5 Å². The van der Waals surface area contributed by atoms with Crippen molar-refractivity contribution < 1.29 is 14.7 Å². The number of carboxylic acid groups (broad SMARTS) is 1. The van der Waals surface area contributed by atoms with Crippen LogP contribution in [0.15, 0.2) is 24.3 Å². The molecule has 1 saturated carbocycles. The molecule has 1 fully saturated rings. The molecule has 4 nitrogen and oxygen atoms in total. The first-order valence-electron chi connectivity index (χ1n) is 7.22. The average molecular weight is 310 g/mol. The van der Waals surface area contributed by atoms with Gasteiger partial charge in [-0.1, -0.05) is 30.2 Å². The van der Waals surface area contributed by atoms with Crippen LogP contribution in [-0.4, -0.2) is 28.4 Å². The largest absolute Gasteiger partial charge is 0.481 e. The van der Waals surface area contributed by atoms with Crippen molar-refractivity contribution >= 4 is 23.5 Å². The van der Waals surface area contributed by atoms with Crippen LogP contribution in [0.2, 0.25) is 5.02 Å². The number of carboxylic acids is 1. The Balaban J connectivity index is 2.03. The fourth-order valence-electron chi connectivity index (χ4n) is 2.70. The predicted octanol–water partition coefficient (Wildman–Crippen LogP) is 3.33. The number of halogens is 1. The van der Waals surface area contributed by atoms with Crippen LogP contribution in [0.25, 0.3) is 0 Å². The summed E-state index contributed by atoms with van der Waals surface area (Å²) in [5.41, 5.74) is 0.120. The van der Waals surface area contributed by atoms with Gasteiger partial charge in [0.2, 0.25) is 5.91 Å². The molecule has 1 aromatic carbocycles. The third-order valence-corrected chi connectivity index (χ3v) is 4.49. The van der Waals surface area contributed by atoms with E-state index in [1.54, 1.807) is 11.0 Å². The molecule has 0 aliphatic heterocycles. The van der Waals surface area contributed by atoms with Gasteiger partial charge < -0.3 is 10.0 Å². The van der Waals surface area contributed by atoms with Crippen LogP contribution < -0.4 is 0 Å². The van der Waals surface area contributed by atoms with Crippen LogP contribution >= 0.6 is 11.6 Å². The van der Waals surface area contributed by atoms with E-state index in [1.165, 1.54) is 0 Å². The Hall–Kier alpha value is -1.55. The Morgan fingerprint density at radius 2 is 2.10 bits per heavy atom. The number of carbonyl (C=O) groups excluding carboxylic acids is 1. The maximum atomic E-state index is 12.4. The number of hydrogen-bond acceptors (Lipinski definition) is 2. The normalized spacial score (nSPS) is 16.1. The van der Waals surface area contributed by atoms with E-state index >= 15 is 0 Å². The number of benzene rings is 1. The third-order valence-electron chi connectivity index (χ3n) is 4.25. The minimum absolute atomic E-state index is 0.0940. The van der Waals surface area contributed by atoms with Crippen molar-refractivity contribution in [1.29, 1.82) is 0 Å². The van der Waals surface area contributed by atoms with Gasteiger partial charge in [-0.05, 0) is 37.5 Å². The number of rotatable bonds is 6. The van der Waals surface area contributed by atoms with Crippen LogP contribution in [0.4, 0.5) is 0 Å². The monoisotopic (exact) mass is 309 g/mol. The minimum Gasteiger partial charge on any atom is -0.481 e. The van der Waals surface area contributed by atoms with Crippen LogP contribution in [0.5, 0.6) is 0 Å². The highest BCUT2D eigenvalue weighted by Crippen LogP contribution is 2.44. The Morgan fingerprint density at radius 1 is 1.38 bits per heavy atom. The molecular formula is C16H20ClNO3. The predicted molar refractivity (Wildman–Crippen MR) is 81.1 cm³/mol. The number of hydrogen-bond donors (Lipinski definition) is 1. The van der Waals surface area contributed by atoms with Crippen LogP contribution in [-0.2, 0) is 16.1 Å². The summed E-state index contributed by atoms with van der Waals surface area (Å²) in [5, 5.41) is 9.96. The molecule has 5 heteroatoms. The van der Waals surface area contributed by atoms with Crippen molar-refractivity contribution in [3.8, 4) is 0 Å². The fourth-order valence-corrected chi connectivity index (χ4v) is 2.92. The Morgan fingerprint density at radius 3 is 2.57 bits per heavy atom. The lowest BCUT2D eigenvalue weighted by Gasteiger charge is -2.38. The second-order valence-corrected chi connectivity index (χ2v) is 6.09. The molecule has 0 spiro atoms. The lowest BCUT2D eigenvalue weighted by atomic mass is 9.66. The molecule has 0 atom stereocenters. The second kappa shape index (κ2) is 6.48. The molecule has 2 rings (SSSR count). The molecule has 0 unspecified atom stereocenters. The zero-order valence-corrected chi connectivity index (χ0v) is 12.9. The summed E-state index contributed by atoms with van der Waals surface area (Å²) in [6.07, 6.45) is 2.18. The number of amides is 1. The van der Waals surface area contributed by atoms with Gasteiger partial charge in [0.05, 0.1) is 5.41 Å². The van der Waals surface area contributed by atoms with Gasteiger partial charge in [-0.2, -0.15) is 0 Å². The molecule has 21 heavy (non-hydrogen) atoms.